The maximum absolute atomic E-state index is 13.0. The van der Waals surface area contributed by atoms with Crippen molar-refractivity contribution in [2.45, 2.75) is 19.4 Å². The lowest BCUT2D eigenvalue weighted by Gasteiger charge is -2.25. The zero-order chi connectivity index (χ0) is 21.1. The summed E-state index contributed by atoms with van der Waals surface area (Å²) in [6, 6.07) is 18.1. The van der Waals surface area contributed by atoms with Crippen LogP contribution in [0, 0.1) is 0 Å². The molecule has 0 saturated carbocycles. The van der Waals surface area contributed by atoms with E-state index in [0.29, 0.717) is 39.9 Å². The largest absolute Gasteiger partial charge is 0.495 e. The Hall–Kier alpha value is -3.87. The van der Waals surface area contributed by atoms with E-state index in [2.05, 4.69) is 15.3 Å². The molecule has 0 aliphatic rings. The molecule has 7 heteroatoms. The molecule has 0 spiro atoms. The molecule has 7 nitrogen and oxygen atoms in total. The average molecular weight is 403 g/mol. The number of hydrogen-bond donors (Lipinski definition) is 1. The van der Waals surface area contributed by atoms with E-state index in [1.54, 1.807) is 63.6 Å². The summed E-state index contributed by atoms with van der Waals surface area (Å²) in [4.78, 5) is 21.6. The predicted octanol–water partition coefficient (Wildman–Crippen LogP) is 4.69. The van der Waals surface area contributed by atoms with Crippen LogP contribution in [0.1, 0.15) is 13.8 Å². The molecular weight excluding hydrogens is 382 g/mol. The zero-order valence-corrected chi connectivity index (χ0v) is 16.9. The van der Waals surface area contributed by atoms with Gasteiger partial charge in [-0.1, -0.05) is 18.2 Å². The molecule has 30 heavy (non-hydrogen) atoms. The number of carbonyl (C=O) groups is 1. The molecule has 0 radical (unpaired) electrons. The predicted molar refractivity (Wildman–Crippen MR) is 114 cm³/mol. The van der Waals surface area contributed by atoms with Crippen molar-refractivity contribution in [3.63, 3.8) is 0 Å². The number of nitrogens with one attached hydrogen (secondary N) is 1. The third-order valence-corrected chi connectivity index (χ3v) is 4.52. The van der Waals surface area contributed by atoms with Crippen LogP contribution in [0.25, 0.3) is 22.7 Å². The van der Waals surface area contributed by atoms with E-state index in [1.807, 2.05) is 24.3 Å². The number of fused-ring (bicyclic) bond motifs is 1. The molecule has 4 aromatic rings. The van der Waals surface area contributed by atoms with Crippen molar-refractivity contribution in [1.82, 2.24) is 9.97 Å². The molecule has 2 aromatic heterocycles. The van der Waals surface area contributed by atoms with Gasteiger partial charge in [0.2, 0.25) is 5.89 Å². The van der Waals surface area contributed by atoms with Gasteiger partial charge in [-0.3, -0.25) is 4.79 Å². The molecule has 0 unspecified atom stereocenters. The third kappa shape index (κ3) is 3.96. The number of amides is 1. The second kappa shape index (κ2) is 7.87. The van der Waals surface area contributed by atoms with Crippen LogP contribution in [0.15, 0.2) is 71.3 Å². The fourth-order valence-electron chi connectivity index (χ4n) is 2.93. The van der Waals surface area contributed by atoms with Crippen LogP contribution in [0.2, 0.25) is 0 Å². The molecule has 0 fully saturated rings. The van der Waals surface area contributed by atoms with Gasteiger partial charge in [0.1, 0.15) is 11.5 Å². The Morgan fingerprint density at radius 1 is 1.07 bits per heavy atom. The fraction of sp³-hybridized carbons (Fsp3) is 0.174. The Kier molecular flexibility index (Phi) is 5.10. The van der Waals surface area contributed by atoms with Crippen LogP contribution >= 0.6 is 0 Å². The first-order valence-electron chi connectivity index (χ1n) is 9.42. The van der Waals surface area contributed by atoms with Crippen molar-refractivity contribution in [2.75, 3.05) is 12.4 Å². The Morgan fingerprint density at radius 2 is 1.87 bits per heavy atom. The highest BCUT2D eigenvalue weighted by Gasteiger charge is 2.31. The fourth-order valence-corrected chi connectivity index (χ4v) is 2.93. The number of ether oxygens (including phenoxy) is 2. The second-order valence-corrected chi connectivity index (χ2v) is 7.14. The first kappa shape index (κ1) is 19.4. The minimum Gasteiger partial charge on any atom is -0.495 e. The topological polar surface area (TPSA) is 86.5 Å². The van der Waals surface area contributed by atoms with E-state index < -0.39 is 5.60 Å². The van der Waals surface area contributed by atoms with Crippen molar-refractivity contribution in [3.05, 3.63) is 66.9 Å². The quantitative estimate of drug-likeness (QED) is 0.502. The number of para-hydroxylation sites is 1. The Labute approximate surface area is 173 Å². The SMILES string of the molecule is COc1ccc(-c2nc3ncccc3o2)cc1NC(=O)C(C)(C)Oc1ccccc1. The van der Waals surface area contributed by atoms with E-state index in [4.69, 9.17) is 13.9 Å². The van der Waals surface area contributed by atoms with Crippen molar-refractivity contribution in [1.29, 1.82) is 0 Å². The van der Waals surface area contributed by atoms with Gasteiger partial charge in [-0.25, -0.2) is 4.98 Å². The number of anilines is 1. The van der Waals surface area contributed by atoms with Gasteiger partial charge in [0, 0.05) is 11.8 Å². The summed E-state index contributed by atoms with van der Waals surface area (Å²) in [5, 5.41) is 2.89. The van der Waals surface area contributed by atoms with E-state index in [0.717, 1.165) is 0 Å². The molecule has 2 heterocycles. The number of rotatable bonds is 6. The van der Waals surface area contributed by atoms with Gasteiger partial charge < -0.3 is 19.2 Å². The van der Waals surface area contributed by atoms with Crippen LogP contribution in [0.3, 0.4) is 0 Å². The standard InChI is InChI=1S/C23H21N3O4/c1-23(2,30-16-8-5-4-6-9-16)22(27)25-17-14-15(11-12-18(17)28-3)21-26-20-19(29-21)10-7-13-24-20/h4-14H,1-3H3,(H,25,27). The molecule has 1 amide bonds. The number of nitrogens with zero attached hydrogens (tertiary/aromatic N) is 2. The molecule has 4 rings (SSSR count). The van der Waals surface area contributed by atoms with Crippen LogP contribution < -0.4 is 14.8 Å². The maximum Gasteiger partial charge on any atom is 0.268 e. The summed E-state index contributed by atoms with van der Waals surface area (Å²) in [5.74, 6) is 1.21. The van der Waals surface area contributed by atoms with Gasteiger partial charge in [0.05, 0.1) is 12.8 Å². The molecule has 2 aromatic carbocycles. The number of pyridine rings is 1. The van der Waals surface area contributed by atoms with Crippen LogP contribution in [0.5, 0.6) is 11.5 Å². The van der Waals surface area contributed by atoms with Crippen molar-refractivity contribution < 1.29 is 18.7 Å². The summed E-state index contributed by atoms with van der Waals surface area (Å²) < 4.78 is 17.1. The first-order chi connectivity index (χ1) is 14.5. The summed E-state index contributed by atoms with van der Waals surface area (Å²) >= 11 is 0. The number of aromatic nitrogens is 2. The van der Waals surface area contributed by atoms with Crippen LogP contribution in [-0.4, -0.2) is 28.6 Å². The van der Waals surface area contributed by atoms with Crippen LogP contribution in [-0.2, 0) is 4.79 Å². The molecule has 0 saturated heterocycles. The first-order valence-corrected chi connectivity index (χ1v) is 9.42. The minimum atomic E-state index is -1.11. The molecule has 0 aliphatic heterocycles. The van der Waals surface area contributed by atoms with Crippen LogP contribution in [0.4, 0.5) is 5.69 Å². The summed E-state index contributed by atoms with van der Waals surface area (Å²) in [6.07, 6.45) is 1.66. The van der Waals surface area contributed by atoms with E-state index in [9.17, 15) is 4.79 Å². The van der Waals surface area contributed by atoms with E-state index >= 15 is 0 Å². The molecule has 0 atom stereocenters. The van der Waals surface area contributed by atoms with E-state index in [1.165, 1.54) is 0 Å². The number of benzene rings is 2. The normalized spacial score (nSPS) is 11.3. The monoisotopic (exact) mass is 403 g/mol. The molecule has 0 aliphatic carbocycles. The maximum atomic E-state index is 13.0. The van der Waals surface area contributed by atoms with Gasteiger partial charge in [-0.05, 0) is 56.3 Å². The lowest BCUT2D eigenvalue weighted by molar-refractivity contribution is -0.128. The third-order valence-electron chi connectivity index (χ3n) is 4.52. The number of hydrogen-bond acceptors (Lipinski definition) is 6. The number of oxazole rings is 1. The van der Waals surface area contributed by atoms with Crippen molar-refractivity contribution >= 4 is 22.8 Å². The number of carbonyl (C=O) groups excluding carboxylic acids is 1. The number of methoxy groups -OCH3 is 1. The van der Waals surface area contributed by atoms with Gasteiger partial charge in [0.25, 0.3) is 5.91 Å². The van der Waals surface area contributed by atoms with Crippen molar-refractivity contribution in [3.8, 4) is 23.0 Å². The highest BCUT2D eigenvalue weighted by molar-refractivity contribution is 5.98. The van der Waals surface area contributed by atoms with Gasteiger partial charge in [-0.15, -0.1) is 0 Å². The minimum absolute atomic E-state index is 0.318. The zero-order valence-electron chi connectivity index (χ0n) is 16.9. The highest BCUT2D eigenvalue weighted by atomic mass is 16.5. The average Bonchev–Trinajstić information content (AvgIpc) is 3.18. The Bertz CT molecular complexity index is 1150. The lowest BCUT2D eigenvalue weighted by atomic mass is 10.1. The molecule has 1 N–H and O–H groups in total. The summed E-state index contributed by atoms with van der Waals surface area (Å²) in [6.45, 7) is 3.41. The molecule has 152 valence electrons. The smallest absolute Gasteiger partial charge is 0.268 e. The highest BCUT2D eigenvalue weighted by Crippen LogP contribution is 2.32. The van der Waals surface area contributed by atoms with Gasteiger partial charge in [0.15, 0.2) is 16.8 Å². The molecular formula is C23H21N3O4. The Morgan fingerprint density at radius 3 is 2.60 bits per heavy atom. The van der Waals surface area contributed by atoms with Crippen molar-refractivity contribution in [2.24, 2.45) is 0 Å². The van der Waals surface area contributed by atoms with E-state index in [-0.39, 0.29) is 5.91 Å². The molecule has 0 bridgehead atoms. The Balaban J connectivity index is 1.61. The lowest BCUT2D eigenvalue weighted by Crippen LogP contribution is -2.42. The summed E-state index contributed by atoms with van der Waals surface area (Å²) in [5.41, 5.74) is 1.17. The second-order valence-electron chi connectivity index (χ2n) is 7.14. The van der Waals surface area contributed by atoms with Gasteiger partial charge >= 0.3 is 0 Å². The van der Waals surface area contributed by atoms with Gasteiger partial charge in [-0.2, -0.15) is 4.98 Å². The summed E-state index contributed by atoms with van der Waals surface area (Å²) in [7, 11) is 1.54.